The number of thiophene rings is 1. The molecule has 330 valence electrons. The maximum Gasteiger partial charge on any atom is 0.259 e. The Bertz CT molecular complexity index is 2780. The Labute approximate surface area is 378 Å². The van der Waals surface area contributed by atoms with Gasteiger partial charge in [0.25, 0.3) is 5.88 Å². The third-order valence-electron chi connectivity index (χ3n) is 12.3. The Morgan fingerprint density at radius 1 is 0.969 bits per heavy atom. The van der Waals surface area contributed by atoms with Crippen molar-refractivity contribution in [1.82, 2.24) is 40.5 Å². The molecule has 7 heterocycles. The fraction of sp³-hybridized carbons (Fsp3) is 0.362. The van der Waals surface area contributed by atoms with Crippen molar-refractivity contribution in [3.8, 4) is 39.1 Å². The van der Waals surface area contributed by atoms with E-state index in [1.165, 1.54) is 15.3 Å². The minimum absolute atomic E-state index is 0.0267. The monoisotopic (exact) mass is 899 g/mol. The zero-order chi connectivity index (χ0) is 44.6. The Hall–Kier alpha value is -6.30. The highest BCUT2D eigenvalue weighted by atomic mass is 32.1. The number of phenolic OH excluding ortho intramolecular Hbond substituents is 1. The Morgan fingerprint density at radius 3 is 2.42 bits per heavy atom. The quantitative estimate of drug-likeness (QED) is 0.106. The van der Waals surface area contributed by atoms with Crippen LogP contribution in [0.4, 0.5) is 5.95 Å². The SMILES string of the molecule is Cc1ncsc1-c1ccc([C@H](C)NC(=O)[C@@H]2C[C@@H](O)CN2C(=O)[C@@H](c2cc(Oc3cnc(N4CCC(c5sc6nnc(-c7ccccc7O)cc6c5C)CC4)nc3)no2)C(C)C)cc1. The third kappa shape index (κ3) is 8.66. The lowest BCUT2D eigenvalue weighted by Crippen LogP contribution is -2.48. The molecule has 5 aromatic heterocycles. The van der Waals surface area contributed by atoms with Gasteiger partial charge in [0.1, 0.15) is 22.5 Å². The van der Waals surface area contributed by atoms with Crippen molar-refractivity contribution in [2.45, 2.75) is 83.9 Å². The van der Waals surface area contributed by atoms with E-state index in [0.717, 1.165) is 57.8 Å². The number of thiazole rings is 1. The molecule has 2 saturated heterocycles. The van der Waals surface area contributed by atoms with E-state index in [1.54, 1.807) is 53.3 Å². The van der Waals surface area contributed by atoms with Gasteiger partial charge in [-0.1, -0.05) is 50.2 Å². The number of nitrogens with zero attached hydrogens (tertiary/aromatic N) is 8. The van der Waals surface area contributed by atoms with Gasteiger partial charge in [-0.3, -0.25) is 9.59 Å². The zero-order valence-electron chi connectivity index (χ0n) is 36.1. The standard InChI is InChI=1S/C47H49N9O6S2/c1-25(2)41(46(60)56-23-32(57)18-37(56)44(59)51-27(4)29-10-12-30(13-11-29)43-28(5)50-24-63-43)39-20-40(54-62-39)61-33-21-48-47(49-22-33)55-16-14-31(15-17-55)42-26(3)35-19-36(52-53-45(35)64-42)34-8-6-7-9-38(34)58/h6-13,19-22,24-25,27,31-32,37,41,57-58H,14-18,23H2,1-5H3,(H,51,59)/t27-,32+,37-,41+/m0/s1. The van der Waals surface area contributed by atoms with E-state index in [1.807, 2.05) is 75.7 Å². The first-order valence-corrected chi connectivity index (χ1v) is 23.2. The number of rotatable bonds is 12. The number of aliphatic hydroxyl groups is 1. The number of β-amino-alcohol motifs (C(OH)–C–C–N with tert-alkyl or cyclic N) is 1. The molecule has 0 bridgehead atoms. The van der Waals surface area contributed by atoms with E-state index in [2.05, 4.69) is 47.4 Å². The molecule has 7 aromatic rings. The number of carbonyl (C=O) groups is 2. The summed E-state index contributed by atoms with van der Waals surface area (Å²) >= 11 is 3.27. The van der Waals surface area contributed by atoms with E-state index in [9.17, 15) is 19.8 Å². The summed E-state index contributed by atoms with van der Waals surface area (Å²) in [5.41, 5.74) is 7.30. The number of aromatic hydroxyl groups is 1. The maximum absolute atomic E-state index is 14.2. The van der Waals surface area contributed by atoms with Gasteiger partial charge in [0.2, 0.25) is 17.8 Å². The lowest BCUT2D eigenvalue weighted by atomic mass is 9.91. The summed E-state index contributed by atoms with van der Waals surface area (Å²) in [6.45, 7) is 11.4. The summed E-state index contributed by atoms with van der Waals surface area (Å²) in [7, 11) is 0. The van der Waals surface area contributed by atoms with Crippen LogP contribution in [-0.2, 0) is 9.59 Å². The van der Waals surface area contributed by atoms with Gasteiger partial charge >= 0.3 is 0 Å². The summed E-state index contributed by atoms with van der Waals surface area (Å²) in [5.74, 6) is 0.266. The van der Waals surface area contributed by atoms with Crippen LogP contribution < -0.4 is 15.0 Å². The number of hydrogen-bond acceptors (Lipinski definition) is 15. The summed E-state index contributed by atoms with van der Waals surface area (Å²) in [6.07, 6.45) is 4.32. The molecule has 3 N–H and O–H groups in total. The first-order chi connectivity index (χ1) is 30.9. The van der Waals surface area contributed by atoms with E-state index in [-0.39, 0.29) is 54.1 Å². The van der Waals surface area contributed by atoms with Gasteiger partial charge in [-0.2, -0.15) is 0 Å². The number of piperidine rings is 1. The molecule has 0 radical (unpaired) electrons. The number of likely N-dealkylation sites (tertiary alicyclic amines) is 1. The highest BCUT2D eigenvalue weighted by molar-refractivity contribution is 7.19. The van der Waals surface area contributed by atoms with E-state index in [4.69, 9.17) is 9.26 Å². The number of aromatic nitrogens is 6. The lowest BCUT2D eigenvalue weighted by molar-refractivity contribution is -0.141. The molecule has 2 aromatic carbocycles. The maximum atomic E-state index is 14.2. The minimum atomic E-state index is -0.856. The number of para-hydroxylation sites is 1. The molecule has 0 aliphatic carbocycles. The van der Waals surface area contributed by atoms with Gasteiger partial charge in [0.05, 0.1) is 46.3 Å². The molecule has 15 nitrogen and oxygen atoms in total. The first-order valence-electron chi connectivity index (χ1n) is 21.5. The molecular weight excluding hydrogens is 851 g/mol. The Morgan fingerprint density at radius 2 is 1.72 bits per heavy atom. The molecule has 9 rings (SSSR count). The van der Waals surface area contributed by atoms with Crippen LogP contribution in [0.2, 0.25) is 0 Å². The molecule has 2 fully saturated rings. The minimum Gasteiger partial charge on any atom is -0.507 e. The number of fused-ring (bicyclic) bond motifs is 1. The number of carbonyl (C=O) groups excluding carboxylic acids is 2. The number of phenols is 1. The number of benzene rings is 2. The number of anilines is 1. The van der Waals surface area contributed by atoms with Gasteiger partial charge in [0.15, 0.2) is 11.5 Å². The largest absolute Gasteiger partial charge is 0.507 e. The van der Waals surface area contributed by atoms with Crippen LogP contribution in [-0.4, -0.2) is 89.0 Å². The number of amides is 2. The number of aryl methyl sites for hydroxylation is 2. The van der Waals surface area contributed by atoms with Crippen LogP contribution in [0.25, 0.3) is 31.9 Å². The molecule has 2 amide bonds. The summed E-state index contributed by atoms with van der Waals surface area (Å²) in [6, 6.07) is 17.6. The van der Waals surface area contributed by atoms with Crippen LogP contribution >= 0.6 is 22.7 Å². The van der Waals surface area contributed by atoms with E-state index < -0.39 is 18.1 Å². The van der Waals surface area contributed by atoms with Crippen LogP contribution in [0.3, 0.4) is 0 Å². The molecule has 17 heteroatoms. The Kier molecular flexibility index (Phi) is 12.1. The van der Waals surface area contributed by atoms with Gasteiger partial charge in [-0.05, 0) is 85.5 Å². The number of ether oxygens (including phenoxy) is 1. The number of nitrogens with one attached hydrogen (secondary N) is 1. The summed E-state index contributed by atoms with van der Waals surface area (Å²) in [5, 5.41) is 38.2. The highest BCUT2D eigenvalue weighted by Gasteiger charge is 2.43. The molecule has 4 atom stereocenters. The Balaban J connectivity index is 0.807. The number of hydrogen-bond donors (Lipinski definition) is 3. The van der Waals surface area contributed by atoms with Crippen molar-refractivity contribution >= 4 is 50.7 Å². The fourth-order valence-corrected chi connectivity index (χ4v) is 10.9. The van der Waals surface area contributed by atoms with Gasteiger partial charge in [-0.15, -0.1) is 32.9 Å². The predicted molar refractivity (Wildman–Crippen MR) is 245 cm³/mol. The normalized spacial score (nSPS) is 17.9. The fourth-order valence-electron chi connectivity index (χ4n) is 8.82. The van der Waals surface area contributed by atoms with E-state index in [0.29, 0.717) is 28.9 Å². The molecule has 2 aliphatic heterocycles. The molecule has 64 heavy (non-hydrogen) atoms. The van der Waals surface area contributed by atoms with Crippen LogP contribution in [0.5, 0.6) is 17.4 Å². The number of aliphatic hydroxyl groups excluding tert-OH is 1. The van der Waals surface area contributed by atoms with Crippen molar-refractivity contribution in [2.24, 2.45) is 5.92 Å². The van der Waals surface area contributed by atoms with Crippen LogP contribution in [0.15, 0.2) is 83.1 Å². The van der Waals surface area contributed by atoms with Crippen molar-refractivity contribution in [3.05, 3.63) is 106 Å². The van der Waals surface area contributed by atoms with Crippen molar-refractivity contribution in [1.29, 1.82) is 0 Å². The van der Waals surface area contributed by atoms with Crippen molar-refractivity contribution < 1.29 is 29.1 Å². The van der Waals surface area contributed by atoms with Crippen LogP contribution in [0, 0.1) is 19.8 Å². The molecule has 0 spiro atoms. The highest BCUT2D eigenvalue weighted by Crippen LogP contribution is 2.41. The predicted octanol–water partition coefficient (Wildman–Crippen LogP) is 8.34. The van der Waals surface area contributed by atoms with Gasteiger partial charge < -0.3 is 34.6 Å². The second-order valence-corrected chi connectivity index (χ2v) is 18.8. The third-order valence-corrected chi connectivity index (χ3v) is 14.6. The average molecular weight is 900 g/mol. The topological polar surface area (TPSA) is 193 Å². The van der Waals surface area contributed by atoms with Crippen molar-refractivity contribution in [2.75, 3.05) is 24.5 Å². The second-order valence-electron chi connectivity index (χ2n) is 16.9. The van der Waals surface area contributed by atoms with E-state index >= 15 is 0 Å². The lowest BCUT2D eigenvalue weighted by Gasteiger charge is -2.31. The second kappa shape index (κ2) is 18.1. The van der Waals surface area contributed by atoms with Crippen molar-refractivity contribution in [3.63, 3.8) is 0 Å². The average Bonchev–Trinajstić information content (AvgIpc) is 4.11. The molecule has 2 aliphatic rings. The smallest absolute Gasteiger partial charge is 0.259 e. The molecule has 0 unspecified atom stereocenters. The molecular formula is C47H49N9O6S2. The first kappa shape index (κ1) is 43.0. The molecule has 0 saturated carbocycles. The van der Waals surface area contributed by atoms with Crippen LogP contribution in [0.1, 0.15) is 85.4 Å². The summed E-state index contributed by atoms with van der Waals surface area (Å²) < 4.78 is 11.7. The van der Waals surface area contributed by atoms with Gasteiger partial charge in [-0.25, -0.2) is 15.0 Å². The van der Waals surface area contributed by atoms with Gasteiger partial charge in [0, 0.05) is 47.9 Å². The summed E-state index contributed by atoms with van der Waals surface area (Å²) in [4.78, 5) is 48.4. The zero-order valence-corrected chi connectivity index (χ0v) is 37.8.